The molecule has 1 unspecified atom stereocenters. The number of sulfone groups is 1. The van der Waals surface area contributed by atoms with Crippen molar-refractivity contribution >= 4 is 26.9 Å². The molecule has 1 N–H and O–H groups in total. The molecular weight excluding hydrogens is 491 g/mol. The summed E-state index contributed by atoms with van der Waals surface area (Å²) in [6.07, 6.45) is -7.80. The van der Waals surface area contributed by atoms with Crippen molar-refractivity contribution in [2.45, 2.75) is 50.6 Å². The van der Waals surface area contributed by atoms with Crippen LogP contribution in [0.5, 0.6) is 5.88 Å². The first-order valence-corrected chi connectivity index (χ1v) is 12.0. The number of carbonyl (C=O) groups is 1. The second-order valence-electron chi connectivity index (χ2n) is 8.30. The van der Waals surface area contributed by atoms with Crippen molar-refractivity contribution in [3.8, 4) is 5.88 Å². The molecule has 3 rings (SSSR count). The molecule has 190 valence electrons. The smallest absolute Gasteiger partial charge is 0.391 e. The van der Waals surface area contributed by atoms with Gasteiger partial charge in [0, 0.05) is 18.7 Å². The molecule has 2 aromatic heterocycles. The summed E-state index contributed by atoms with van der Waals surface area (Å²) < 4.78 is 96.4. The van der Waals surface area contributed by atoms with Crippen LogP contribution in [0.25, 0.3) is 11.2 Å². The summed E-state index contributed by atoms with van der Waals surface area (Å²) in [7, 11) is -1.64. The van der Waals surface area contributed by atoms with E-state index in [0.29, 0.717) is 0 Å². The van der Waals surface area contributed by atoms with Gasteiger partial charge in [-0.05, 0) is 25.8 Å². The molecule has 1 aliphatic heterocycles. The van der Waals surface area contributed by atoms with E-state index in [2.05, 4.69) is 20.0 Å². The van der Waals surface area contributed by atoms with E-state index in [4.69, 9.17) is 4.74 Å². The van der Waals surface area contributed by atoms with Gasteiger partial charge in [-0.3, -0.25) is 4.79 Å². The van der Waals surface area contributed by atoms with Crippen LogP contribution < -0.4 is 10.1 Å². The molecule has 0 aliphatic carbocycles. The number of aromatic nitrogens is 3. The molecule has 0 aromatic carbocycles. The maximum Gasteiger partial charge on any atom is 0.391 e. The third kappa shape index (κ3) is 6.74. The minimum Gasteiger partial charge on any atom is -0.475 e. The van der Waals surface area contributed by atoms with Crippen LogP contribution in [0.2, 0.25) is 0 Å². The lowest BCUT2D eigenvalue weighted by atomic mass is 9.95. The predicted molar refractivity (Wildman–Crippen MR) is 109 cm³/mol. The molecule has 34 heavy (non-hydrogen) atoms. The first-order chi connectivity index (χ1) is 15.7. The van der Waals surface area contributed by atoms with Crippen LogP contribution in [0, 0.1) is 0 Å². The molecule has 9 nitrogen and oxygen atoms in total. The number of alkyl halides is 5. The number of fused-ring (bicyclic) bond motifs is 1. The average Bonchev–Trinajstić information content (AvgIpc) is 3.04. The monoisotopic (exact) mass is 514 g/mol. The van der Waals surface area contributed by atoms with Gasteiger partial charge in [-0.1, -0.05) is 0 Å². The summed E-state index contributed by atoms with van der Waals surface area (Å²) in [6, 6.07) is 2.69. The number of rotatable bonds is 8. The third-order valence-corrected chi connectivity index (χ3v) is 7.06. The van der Waals surface area contributed by atoms with Crippen LogP contribution >= 0.6 is 0 Å². The molecule has 2 aromatic rings. The maximum absolute atomic E-state index is 12.8. The zero-order valence-corrected chi connectivity index (χ0v) is 19.0. The second kappa shape index (κ2) is 9.60. The highest BCUT2D eigenvalue weighted by molar-refractivity contribution is 7.91. The lowest BCUT2D eigenvalue weighted by molar-refractivity contribution is -0.213. The van der Waals surface area contributed by atoms with Crippen LogP contribution in [-0.2, 0) is 21.6 Å². The molecule has 1 aliphatic rings. The van der Waals surface area contributed by atoms with E-state index >= 15 is 0 Å². The number of aryl methyl sites for hydroxylation is 1. The van der Waals surface area contributed by atoms with E-state index in [1.54, 1.807) is 6.92 Å². The quantitative estimate of drug-likeness (QED) is 0.539. The van der Waals surface area contributed by atoms with Crippen molar-refractivity contribution in [2.75, 3.05) is 18.1 Å². The first-order valence-electron chi connectivity index (χ1n) is 10.2. The van der Waals surface area contributed by atoms with Crippen LogP contribution in [0.15, 0.2) is 12.1 Å². The van der Waals surface area contributed by atoms with Crippen LogP contribution in [0.4, 0.5) is 22.0 Å². The normalized spacial score (nSPS) is 18.7. The molecule has 15 heteroatoms. The Bertz CT molecular complexity index is 1140. The number of imidazole rings is 1. The van der Waals surface area contributed by atoms with E-state index in [-0.39, 0.29) is 47.2 Å². The molecule has 3 heterocycles. The van der Waals surface area contributed by atoms with Crippen molar-refractivity contribution in [3.05, 3.63) is 18.0 Å². The van der Waals surface area contributed by atoms with E-state index in [9.17, 15) is 35.2 Å². The van der Waals surface area contributed by atoms with Gasteiger partial charge >= 0.3 is 12.8 Å². The topological polar surface area (TPSA) is 112 Å². The predicted octanol–water partition coefficient (Wildman–Crippen LogP) is 2.60. The van der Waals surface area contributed by atoms with Gasteiger partial charge in [0.25, 0.3) is 5.91 Å². The van der Waals surface area contributed by atoms with Gasteiger partial charge in [-0.2, -0.15) is 26.9 Å². The lowest BCUT2D eigenvalue weighted by Gasteiger charge is -2.34. The highest BCUT2D eigenvalue weighted by Crippen LogP contribution is 2.26. The Morgan fingerprint density at radius 2 is 1.88 bits per heavy atom. The summed E-state index contributed by atoms with van der Waals surface area (Å²) in [6.45, 7) is -2.49. The number of nitrogens with one attached hydrogen (secondary N) is 1. The highest BCUT2D eigenvalue weighted by Gasteiger charge is 2.36. The summed E-state index contributed by atoms with van der Waals surface area (Å²) in [4.78, 5) is 21.1. The fourth-order valence-corrected chi connectivity index (χ4v) is 5.23. The first kappa shape index (κ1) is 26.1. The number of amides is 1. The van der Waals surface area contributed by atoms with Crippen molar-refractivity contribution in [1.29, 1.82) is 0 Å². The minimum atomic E-state index is -4.73. The van der Waals surface area contributed by atoms with Gasteiger partial charge in [0.15, 0.2) is 5.65 Å². The van der Waals surface area contributed by atoms with Gasteiger partial charge < -0.3 is 19.4 Å². The lowest BCUT2D eigenvalue weighted by Crippen LogP contribution is -2.51. The van der Waals surface area contributed by atoms with Crippen molar-refractivity contribution in [1.82, 2.24) is 19.9 Å². The highest BCUT2D eigenvalue weighted by atomic mass is 32.2. The Kier molecular flexibility index (Phi) is 7.36. The van der Waals surface area contributed by atoms with Crippen molar-refractivity contribution < 1.29 is 44.6 Å². The Labute approximate surface area is 191 Å². The summed E-state index contributed by atoms with van der Waals surface area (Å²) in [5.41, 5.74) is -0.284. The molecule has 1 amide bonds. The molecular formula is C19H23F5N4O5S. The second-order valence-corrected chi connectivity index (χ2v) is 10.6. The fraction of sp³-hybridized carbons (Fsp3) is 0.632. The Balaban J connectivity index is 1.73. The summed E-state index contributed by atoms with van der Waals surface area (Å²) >= 11 is 0. The molecule has 0 bridgehead atoms. The Morgan fingerprint density at radius 3 is 2.47 bits per heavy atom. The number of hydrogen-bond donors (Lipinski definition) is 1. The van der Waals surface area contributed by atoms with Crippen molar-refractivity contribution in [2.24, 2.45) is 7.05 Å². The van der Waals surface area contributed by atoms with E-state index < -0.39 is 53.2 Å². The Morgan fingerprint density at radius 1 is 1.24 bits per heavy atom. The number of carbonyl (C=O) groups excluding carboxylic acids is 1. The molecule has 0 spiro atoms. The number of ether oxygens (including phenoxy) is 2. The number of pyridine rings is 1. The molecule has 1 fully saturated rings. The number of nitrogens with zero attached hydrogens (tertiary/aromatic N) is 3. The third-order valence-electron chi connectivity index (χ3n) is 5.41. The molecule has 0 radical (unpaired) electrons. The van der Waals surface area contributed by atoms with Gasteiger partial charge in [0.05, 0.1) is 17.9 Å². The maximum atomic E-state index is 12.8. The Hall–Kier alpha value is -2.55. The zero-order chi connectivity index (χ0) is 25.3. The standard InChI is InChI=1S/C19H23F5N4O5S/c1-18(5-7-34(30,31)8-6-18)27-16(29)15-25-12-3-4-13(26-14(12)28(15)2)32-10-11(33-17(20)21)9-19(22,23)24/h3-4,11,17H,5-10H2,1-2H3,(H,27,29). The van der Waals surface area contributed by atoms with E-state index in [1.165, 1.54) is 23.7 Å². The number of halogens is 5. The molecule has 1 saturated heterocycles. The largest absolute Gasteiger partial charge is 0.475 e. The van der Waals surface area contributed by atoms with E-state index in [1.807, 2.05) is 0 Å². The number of hydrogen-bond acceptors (Lipinski definition) is 7. The summed E-state index contributed by atoms with van der Waals surface area (Å²) in [5, 5.41) is 2.81. The van der Waals surface area contributed by atoms with Gasteiger partial charge in [-0.15, -0.1) is 0 Å². The summed E-state index contributed by atoms with van der Waals surface area (Å²) in [5.74, 6) is -0.833. The van der Waals surface area contributed by atoms with Crippen LogP contribution in [-0.4, -0.2) is 71.4 Å². The van der Waals surface area contributed by atoms with Crippen molar-refractivity contribution in [3.63, 3.8) is 0 Å². The van der Waals surface area contributed by atoms with Crippen LogP contribution in [0.1, 0.15) is 36.8 Å². The molecule has 1 atom stereocenters. The van der Waals surface area contributed by atoms with Gasteiger partial charge in [-0.25, -0.2) is 13.4 Å². The zero-order valence-electron chi connectivity index (χ0n) is 18.2. The van der Waals surface area contributed by atoms with Gasteiger partial charge in [0.2, 0.25) is 11.7 Å². The SMILES string of the molecule is Cn1c(C(=O)NC2(C)CCS(=O)(=O)CC2)nc2ccc(OCC(CC(F)(F)F)OC(F)F)nc21. The van der Waals surface area contributed by atoms with E-state index in [0.717, 1.165) is 0 Å². The van der Waals surface area contributed by atoms with Crippen LogP contribution in [0.3, 0.4) is 0 Å². The minimum absolute atomic E-state index is 0.0229. The van der Waals surface area contributed by atoms with Gasteiger partial charge in [0.1, 0.15) is 28.1 Å². The molecule has 0 saturated carbocycles. The average molecular weight is 514 g/mol. The fourth-order valence-electron chi connectivity index (χ4n) is 3.50.